The number of non-ortho nitro benzene ring substituents is 2. The Morgan fingerprint density at radius 2 is 1.44 bits per heavy atom. The summed E-state index contributed by atoms with van der Waals surface area (Å²) in [5, 5.41) is 20.3. The maximum Gasteiger partial charge on any atom is 0.276 e. The van der Waals surface area contributed by atoms with Crippen molar-refractivity contribution in [2.45, 2.75) is 33.1 Å². The van der Waals surface area contributed by atoms with Crippen LogP contribution in [0.2, 0.25) is 0 Å². The SMILES string of the molecule is COc1cc(C)ccc1C(C)(C)C.O=[N+]([O-])c1cccc([N+](=O)[O-])c1. The average Bonchev–Trinajstić information content (AvgIpc) is 2.54. The summed E-state index contributed by atoms with van der Waals surface area (Å²) in [5.74, 6) is 0.993. The van der Waals surface area contributed by atoms with Gasteiger partial charge in [0.25, 0.3) is 11.4 Å². The van der Waals surface area contributed by atoms with Gasteiger partial charge in [0.2, 0.25) is 0 Å². The van der Waals surface area contributed by atoms with Crippen LogP contribution in [0.25, 0.3) is 0 Å². The molecule has 0 fully saturated rings. The first-order valence-corrected chi connectivity index (χ1v) is 7.60. The lowest BCUT2D eigenvalue weighted by atomic mass is 9.86. The smallest absolute Gasteiger partial charge is 0.276 e. The molecule has 2 aromatic carbocycles. The highest BCUT2D eigenvalue weighted by Crippen LogP contribution is 2.31. The Labute approximate surface area is 146 Å². The second-order valence-corrected chi connectivity index (χ2v) is 6.49. The number of aryl methyl sites for hydroxylation is 1. The van der Waals surface area contributed by atoms with E-state index in [-0.39, 0.29) is 16.8 Å². The van der Waals surface area contributed by atoms with Gasteiger partial charge < -0.3 is 4.74 Å². The Balaban J connectivity index is 0.000000251. The Morgan fingerprint density at radius 3 is 1.84 bits per heavy atom. The largest absolute Gasteiger partial charge is 0.496 e. The highest BCUT2D eigenvalue weighted by Gasteiger charge is 2.18. The Kier molecular flexibility index (Phi) is 6.61. The van der Waals surface area contributed by atoms with E-state index < -0.39 is 9.85 Å². The molecule has 2 aromatic rings. The number of ether oxygens (including phenoxy) is 1. The van der Waals surface area contributed by atoms with Crippen molar-refractivity contribution in [3.8, 4) is 5.75 Å². The van der Waals surface area contributed by atoms with Crippen LogP contribution in [-0.4, -0.2) is 17.0 Å². The molecule has 0 atom stereocenters. The zero-order valence-corrected chi connectivity index (χ0v) is 15.0. The number of nitro benzene ring substituents is 2. The highest BCUT2D eigenvalue weighted by atomic mass is 16.6. The zero-order valence-electron chi connectivity index (χ0n) is 15.0. The Morgan fingerprint density at radius 1 is 0.920 bits per heavy atom. The fourth-order valence-electron chi connectivity index (χ4n) is 2.14. The van der Waals surface area contributed by atoms with E-state index in [0.29, 0.717) is 0 Å². The summed E-state index contributed by atoms with van der Waals surface area (Å²) in [4.78, 5) is 19.0. The minimum atomic E-state index is -0.674. The van der Waals surface area contributed by atoms with Crippen molar-refractivity contribution in [3.05, 3.63) is 73.8 Å². The zero-order chi connectivity index (χ0) is 19.2. The second kappa shape index (κ2) is 8.23. The maximum atomic E-state index is 10.2. The third kappa shape index (κ3) is 5.87. The van der Waals surface area contributed by atoms with Gasteiger partial charge in [0.15, 0.2) is 0 Å². The van der Waals surface area contributed by atoms with Gasteiger partial charge in [-0.3, -0.25) is 20.2 Å². The molecule has 0 bridgehead atoms. The van der Waals surface area contributed by atoms with Crippen LogP contribution in [0.4, 0.5) is 11.4 Å². The number of methoxy groups -OCH3 is 1. The van der Waals surface area contributed by atoms with Crippen molar-refractivity contribution >= 4 is 11.4 Å². The van der Waals surface area contributed by atoms with Crippen molar-refractivity contribution in [1.29, 1.82) is 0 Å². The molecule has 0 aliphatic heterocycles. The summed E-state index contributed by atoms with van der Waals surface area (Å²) in [5.41, 5.74) is 2.11. The van der Waals surface area contributed by atoms with Crippen LogP contribution in [0.3, 0.4) is 0 Å². The quantitative estimate of drug-likeness (QED) is 0.587. The summed E-state index contributed by atoms with van der Waals surface area (Å²) in [7, 11) is 1.73. The number of rotatable bonds is 3. The third-order valence-corrected chi connectivity index (χ3v) is 3.42. The molecule has 0 spiro atoms. The number of benzene rings is 2. The van der Waals surface area contributed by atoms with E-state index in [1.807, 2.05) is 0 Å². The summed E-state index contributed by atoms with van der Waals surface area (Å²) < 4.78 is 5.35. The minimum Gasteiger partial charge on any atom is -0.496 e. The summed E-state index contributed by atoms with van der Waals surface area (Å²) in [6, 6.07) is 11.0. The normalized spacial score (nSPS) is 10.4. The molecule has 0 heterocycles. The van der Waals surface area contributed by atoms with E-state index in [1.165, 1.54) is 29.3 Å². The van der Waals surface area contributed by atoms with Crippen LogP contribution in [0.1, 0.15) is 31.9 Å². The first kappa shape index (κ1) is 20.1. The molecule has 0 radical (unpaired) electrons. The average molecular weight is 346 g/mol. The molecule has 134 valence electrons. The van der Waals surface area contributed by atoms with Crippen LogP contribution in [0.15, 0.2) is 42.5 Å². The molecule has 0 unspecified atom stereocenters. The van der Waals surface area contributed by atoms with Crippen molar-refractivity contribution in [3.63, 3.8) is 0 Å². The van der Waals surface area contributed by atoms with E-state index >= 15 is 0 Å². The second-order valence-electron chi connectivity index (χ2n) is 6.49. The summed E-state index contributed by atoms with van der Waals surface area (Å²) >= 11 is 0. The van der Waals surface area contributed by atoms with Crippen molar-refractivity contribution < 1.29 is 14.6 Å². The first-order chi connectivity index (χ1) is 11.6. The lowest BCUT2D eigenvalue weighted by Gasteiger charge is -2.22. The summed E-state index contributed by atoms with van der Waals surface area (Å²) in [6.07, 6.45) is 0. The molecular formula is C18H22N2O5. The molecule has 0 saturated carbocycles. The molecule has 7 heteroatoms. The van der Waals surface area contributed by atoms with Gasteiger partial charge in [-0.1, -0.05) is 32.9 Å². The van der Waals surface area contributed by atoms with Crippen LogP contribution < -0.4 is 4.74 Å². The number of nitro groups is 2. The molecule has 0 aliphatic rings. The topological polar surface area (TPSA) is 95.5 Å². The number of nitrogens with zero attached hydrogens (tertiary/aromatic N) is 2. The van der Waals surface area contributed by atoms with Gasteiger partial charge in [0, 0.05) is 12.1 Å². The standard InChI is InChI=1S/C12H18O.C6H4N2O4/c1-9-6-7-10(12(2,3)4)11(8-9)13-5;9-7(10)5-2-1-3-6(4-5)8(11)12/h6-8H,1-5H3;1-4H. The summed E-state index contributed by atoms with van der Waals surface area (Å²) in [6.45, 7) is 8.66. The Bertz CT molecular complexity index is 737. The van der Waals surface area contributed by atoms with E-state index in [2.05, 4.69) is 45.9 Å². The van der Waals surface area contributed by atoms with Crippen LogP contribution in [0.5, 0.6) is 5.75 Å². The fourth-order valence-corrected chi connectivity index (χ4v) is 2.14. The predicted molar refractivity (Wildman–Crippen MR) is 96.2 cm³/mol. The molecule has 0 amide bonds. The van der Waals surface area contributed by atoms with Crippen LogP contribution in [0, 0.1) is 27.2 Å². The van der Waals surface area contributed by atoms with Gasteiger partial charge >= 0.3 is 0 Å². The van der Waals surface area contributed by atoms with E-state index in [1.54, 1.807) is 7.11 Å². The molecular weight excluding hydrogens is 324 g/mol. The molecule has 25 heavy (non-hydrogen) atoms. The van der Waals surface area contributed by atoms with Crippen molar-refractivity contribution in [2.75, 3.05) is 7.11 Å². The number of hydrogen-bond donors (Lipinski definition) is 0. The van der Waals surface area contributed by atoms with Gasteiger partial charge in [0.1, 0.15) is 5.75 Å². The van der Waals surface area contributed by atoms with E-state index in [4.69, 9.17) is 4.74 Å². The van der Waals surface area contributed by atoms with Gasteiger partial charge in [-0.05, 0) is 35.6 Å². The molecule has 2 rings (SSSR count). The lowest BCUT2D eigenvalue weighted by molar-refractivity contribution is -0.394. The maximum absolute atomic E-state index is 10.2. The van der Waals surface area contributed by atoms with Gasteiger partial charge in [-0.2, -0.15) is 0 Å². The Hall–Kier alpha value is -2.96. The molecule has 0 aromatic heterocycles. The molecule has 0 N–H and O–H groups in total. The first-order valence-electron chi connectivity index (χ1n) is 7.60. The van der Waals surface area contributed by atoms with Gasteiger partial charge in [-0.15, -0.1) is 0 Å². The highest BCUT2D eigenvalue weighted by molar-refractivity contribution is 5.42. The van der Waals surface area contributed by atoms with E-state index in [9.17, 15) is 20.2 Å². The number of hydrogen-bond acceptors (Lipinski definition) is 5. The lowest BCUT2D eigenvalue weighted by Crippen LogP contribution is -2.12. The monoisotopic (exact) mass is 346 g/mol. The molecule has 0 aliphatic carbocycles. The molecule has 0 saturated heterocycles. The fraction of sp³-hybridized carbons (Fsp3) is 0.333. The van der Waals surface area contributed by atoms with Gasteiger partial charge in [-0.25, -0.2) is 0 Å². The predicted octanol–water partition coefficient (Wildman–Crippen LogP) is 4.80. The molecule has 7 nitrogen and oxygen atoms in total. The minimum absolute atomic E-state index is 0.152. The van der Waals surface area contributed by atoms with E-state index in [0.717, 1.165) is 11.8 Å². The van der Waals surface area contributed by atoms with Crippen LogP contribution >= 0.6 is 0 Å². The van der Waals surface area contributed by atoms with Crippen LogP contribution in [-0.2, 0) is 5.41 Å². The third-order valence-electron chi connectivity index (χ3n) is 3.42. The van der Waals surface area contributed by atoms with Crippen molar-refractivity contribution in [2.24, 2.45) is 0 Å². The van der Waals surface area contributed by atoms with Gasteiger partial charge in [0.05, 0.1) is 23.0 Å². The van der Waals surface area contributed by atoms with Crippen molar-refractivity contribution in [1.82, 2.24) is 0 Å².